The molecule has 0 aromatic heterocycles. The smallest absolute Gasteiger partial charge is 0.333 e. The zero-order valence-electron chi connectivity index (χ0n) is 22.1. The predicted octanol–water partition coefficient (Wildman–Crippen LogP) is 5.50. The highest BCUT2D eigenvalue weighted by molar-refractivity contribution is 5.90. The topological polar surface area (TPSA) is 81.7 Å². The van der Waals surface area contributed by atoms with Crippen molar-refractivity contribution in [2.45, 2.75) is 40.2 Å². The molecule has 36 heavy (non-hydrogen) atoms. The molecule has 0 N–H and O–H groups in total. The molecule has 2 aliphatic rings. The van der Waals surface area contributed by atoms with Crippen molar-refractivity contribution in [3.63, 3.8) is 0 Å². The highest BCUT2D eigenvalue weighted by Gasteiger charge is 2.39. The molecule has 0 saturated carbocycles. The fourth-order valence-corrected chi connectivity index (χ4v) is 4.96. The number of fused-ring (bicyclic) bond motifs is 4. The molecular weight excluding hydrogens is 464 g/mol. The van der Waals surface area contributed by atoms with Gasteiger partial charge in [-0.1, -0.05) is 19.9 Å². The van der Waals surface area contributed by atoms with E-state index in [0.717, 1.165) is 16.7 Å². The number of allylic oxidation sites excluding steroid dienone is 1. The fraction of sp³-hybridized carbons (Fsp3) is 0.464. The van der Waals surface area contributed by atoms with Crippen LogP contribution in [0.3, 0.4) is 0 Å². The number of ether oxygens (including phenoxy) is 7. The normalized spacial score (nSPS) is 20.4. The number of carbonyl (C=O) groups is 1. The summed E-state index contributed by atoms with van der Waals surface area (Å²) < 4.78 is 41.0. The quantitative estimate of drug-likeness (QED) is 0.382. The van der Waals surface area contributed by atoms with Gasteiger partial charge in [-0.25, -0.2) is 4.79 Å². The Morgan fingerprint density at radius 3 is 2.25 bits per heavy atom. The first-order chi connectivity index (χ1) is 17.3. The van der Waals surface area contributed by atoms with E-state index in [2.05, 4.69) is 13.8 Å². The van der Waals surface area contributed by atoms with E-state index in [1.54, 1.807) is 41.4 Å². The van der Waals surface area contributed by atoms with E-state index in [4.69, 9.17) is 33.2 Å². The Hall–Kier alpha value is -3.55. The maximum absolute atomic E-state index is 13.0. The third kappa shape index (κ3) is 4.08. The Labute approximate surface area is 212 Å². The lowest BCUT2D eigenvalue weighted by atomic mass is 9.75. The van der Waals surface area contributed by atoms with Gasteiger partial charge in [0.1, 0.15) is 6.10 Å². The second-order valence-corrected chi connectivity index (χ2v) is 9.13. The first-order valence-corrected chi connectivity index (χ1v) is 12.0. The number of esters is 1. The summed E-state index contributed by atoms with van der Waals surface area (Å²) in [6.45, 7) is 7.91. The zero-order valence-corrected chi connectivity index (χ0v) is 22.1. The summed E-state index contributed by atoms with van der Waals surface area (Å²) in [5.74, 6) is 2.78. The van der Waals surface area contributed by atoms with Crippen molar-refractivity contribution in [3.8, 4) is 45.6 Å². The number of rotatable bonds is 6. The summed E-state index contributed by atoms with van der Waals surface area (Å²) in [4.78, 5) is 13.0. The number of methoxy groups -OCH3 is 4. The minimum absolute atomic E-state index is 0.0373. The van der Waals surface area contributed by atoms with Crippen LogP contribution in [0.25, 0.3) is 11.1 Å². The first kappa shape index (κ1) is 25.5. The van der Waals surface area contributed by atoms with Crippen molar-refractivity contribution in [2.24, 2.45) is 11.8 Å². The van der Waals surface area contributed by atoms with E-state index in [1.807, 2.05) is 19.1 Å². The molecule has 8 nitrogen and oxygen atoms in total. The van der Waals surface area contributed by atoms with Crippen LogP contribution in [-0.2, 0) is 16.0 Å². The maximum Gasteiger partial charge on any atom is 0.333 e. The minimum Gasteiger partial charge on any atom is -0.493 e. The zero-order chi connectivity index (χ0) is 26.1. The molecule has 8 heteroatoms. The van der Waals surface area contributed by atoms with Crippen molar-refractivity contribution in [1.82, 2.24) is 0 Å². The Bertz CT molecular complexity index is 1200. The second kappa shape index (κ2) is 10.2. The summed E-state index contributed by atoms with van der Waals surface area (Å²) in [7, 11) is 6.30. The summed E-state index contributed by atoms with van der Waals surface area (Å²) in [5.41, 5.74) is 3.77. The van der Waals surface area contributed by atoms with Crippen LogP contribution in [0.1, 0.15) is 44.9 Å². The summed E-state index contributed by atoms with van der Waals surface area (Å²) in [6, 6.07) is 3.86. The van der Waals surface area contributed by atoms with E-state index in [-0.39, 0.29) is 24.6 Å². The average molecular weight is 499 g/mol. The van der Waals surface area contributed by atoms with Crippen molar-refractivity contribution < 1.29 is 38.0 Å². The lowest BCUT2D eigenvalue weighted by Gasteiger charge is -2.35. The number of hydrogen-bond donors (Lipinski definition) is 0. The molecule has 1 aliphatic carbocycles. The van der Waals surface area contributed by atoms with E-state index in [1.165, 1.54) is 0 Å². The Balaban J connectivity index is 2.13. The molecule has 1 heterocycles. The highest BCUT2D eigenvalue weighted by Crippen LogP contribution is 2.58. The molecule has 4 rings (SSSR count). The molecule has 0 saturated heterocycles. The van der Waals surface area contributed by atoms with Crippen LogP contribution in [0.5, 0.6) is 34.5 Å². The maximum atomic E-state index is 13.0. The van der Waals surface area contributed by atoms with Crippen LogP contribution >= 0.6 is 0 Å². The van der Waals surface area contributed by atoms with E-state index >= 15 is 0 Å². The van der Waals surface area contributed by atoms with Crippen LogP contribution in [0.15, 0.2) is 23.8 Å². The Kier molecular flexibility index (Phi) is 7.24. The van der Waals surface area contributed by atoms with Gasteiger partial charge in [-0.05, 0) is 43.9 Å². The van der Waals surface area contributed by atoms with E-state index in [0.29, 0.717) is 52.1 Å². The number of benzene rings is 2. The third-order valence-corrected chi connectivity index (χ3v) is 7.23. The molecule has 0 spiro atoms. The lowest BCUT2D eigenvalue weighted by molar-refractivity contribution is -0.148. The van der Waals surface area contributed by atoms with Gasteiger partial charge >= 0.3 is 5.97 Å². The molecule has 0 fully saturated rings. The molecule has 0 amide bonds. The standard InChI is InChI=1S/C28H34O8/c1-9-14(2)28(29)36-23-16(4)15(3)10-17-11-20-25(35-13-34-20)26(32-7)21(17)22-18(23)12-19(30-5)24(31-6)27(22)33-8/h9,11-12,15-16,23H,10,13H2,1-8H3/b14-9-. The number of carbonyl (C=O) groups excluding carboxylic acids is 1. The van der Waals surface area contributed by atoms with Crippen LogP contribution in [0, 0.1) is 11.8 Å². The molecule has 0 radical (unpaired) electrons. The van der Waals surface area contributed by atoms with Crippen LogP contribution in [0.2, 0.25) is 0 Å². The van der Waals surface area contributed by atoms with Gasteiger partial charge < -0.3 is 33.2 Å². The third-order valence-electron chi connectivity index (χ3n) is 7.23. The van der Waals surface area contributed by atoms with Gasteiger partial charge in [0.2, 0.25) is 18.3 Å². The monoisotopic (exact) mass is 498 g/mol. The van der Waals surface area contributed by atoms with Gasteiger partial charge in [0.15, 0.2) is 23.0 Å². The summed E-state index contributed by atoms with van der Waals surface area (Å²) in [5, 5.41) is 0. The van der Waals surface area contributed by atoms with Crippen molar-refractivity contribution in [1.29, 1.82) is 0 Å². The molecule has 3 unspecified atom stereocenters. The predicted molar refractivity (Wildman–Crippen MR) is 135 cm³/mol. The lowest BCUT2D eigenvalue weighted by Crippen LogP contribution is -2.27. The Morgan fingerprint density at radius 2 is 1.64 bits per heavy atom. The average Bonchev–Trinajstić information content (AvgIpc) is 3.36. The molecule has 3 atom stereocenters. The second-order valence-electron chi connectivity index (χ2n) is 9.13. The summed E-state index contributed by atoms with van der Waals surface area (Å²) in [6.07, 6.45) is 1.85. The van der Waals surface area contributed by atoms with Crippen LogP contribution in [0.4, 0.5) is 0 Å². The van der Waals surface area contributed by atoms with Crippen molar-refractivity contribution in [2.75, 3.05) is 35.2 Å². The van der Waals surface area contributed by atoms with Gasteiger partial charge in [-0.15, -0.1) is 0 Å². The molecular formula is C28H34O8. The molecule has 2 aromatic rings. The highest BCUT2D eigenvalue weighted by atomic mass is 16.7. The van der Waals surface area contributed by atoms with E-state index < -0.39 is 6.10 Å². The van der Waals surface area contributed by atoms with Crippen LogP contribution in [-0.4, -0.2) is 41.2 Å². The van der Waals surface area contributed by atoms with Crippen molar-refractivity contribution >= 4 is 5.97 Å². The largest absolute Gasteiger partial charge is 0.493 e. The summed E-state index contributed by atoms with van der Waals surface area (Å²) >= 11 is 0. The van der Waals surface area contributed by atoms with Gasteiger partial charge in [0.05, 0.1) is 28.4 Å². The molecule has 0 bridgehead atoms. The first-order valence-electron chi connectivity index (χ1n) is 12.0. The Morgan fingerprint density at radius 1 is 0.944 bits per heavy atom. The van der Waals surface area contributed by atoms with Gasteiger partial charge in [-0.3, -0.25) is 0 Å². The SMILES string of the molecule is C/C=C(/C)C(=O)OC1c2cc(OC)c(OC)c(OC)c2-c2c(cc3c(c2OC)OCO3)CC(C)C1C. The minimum atomic E-state index is -0.589. The fourth-order valence-electron chi connectivity index (χ4n) is 4.96. The number of hydrogen-bond acceptors (Lipinski definition) is 8. The van der Waals surface area contributed by atoms with Gasteiger partial charge in [-0.2, -0.15) is 0 Å². The van der Waals surface area contributed by atoms with Gasteiger partial charge in [0, 0.05) is 28.2 Å². The molecule has 194 valence electrons. The van der Waals surface area contributed by atoms with Crippen LogP contribution < -0.4 is 28.4 Å². The molecule has 1 aliphatic heterocycles. The van der Waals surface area contributed by atoms with Gasteiger partial charge in [0.25, 0.3) is 0 Å². The molecule has 2 aromatic carbocycles. The van der Waals surface area contributed by atoms with Crippen molar-refractivity contribution in [3.05, 3.63) is 34.9 Å². The van der Waals surface area contributed by atoms with E-state index in [9.17, 15) is 4.79 Å².